The molecule has 10 aromatic rings. The van der Waals surface area contributed by atoms with Gasteiger partial charge in [-0.1, -0.05) is 127 Å². The summed E-state index contributed by atoms with van der Waals surface area (Å²) in [5.41, 5.74) is 14.0. The number of anilines is 3. The van der Waals surface area contributed by atoms with Crippen LogP contribution >= 0.6 is 0 Å². The summed E-state index contributed by atoms with van der Waals surface area (Å²) in [5, 5.41) is 4.69. The number of furan rings is 1. The Kier molecular flexibility index (Phi) is 6.55. The van der Waals surface area contributed by atoms with Crippen molar-refractivity contribution >= 4 is 49.8 Å². The molecule has 3 heteroatoms. The highest BCUT2D eigenvalue weighted by Crippen LogP contribution is 2.62. The molecule has 0 amide bonds. The summed E-state index contributed by atoms with van der Waals surface area (Å²) < 4.78 is 13.5. The fourth-order valence-electron chi connectivity index (χ4n) is 9.44. The minimum Gasteiger partial charge on any atom is -0.457 e. The van der Waals surface area contributed by atoms with Crippen molar-refractivity contribution in [1.29, 1.82) is 0 Å². The average molecular weight is 716 g/mol. The molecule has 2 heterocycles. The normalized spacial score (nSPS) is 13.3. The number of nitrogens with zero attached hydrogens (tertiary/aromatic N) is 1. The van der Waals surface area contributed by atoms with Gasteiger partial charge >= 0.3 is 0 Å². The van der Waals surface area contributed by atoms with E-state index in [1.807, 2.05) is 0 Å². The van der Waals surface area contributed by atoms with E-state index < -0.39 is 5.41 Å². The van der Waals surface area contributed by atoms with E-state index in [9.17, 15) is 0 Å². The molecule has 1 aromatic heterocycles. The third-order valence-electron chi connectivity index (χ3n) is 11.9. The van der Waals surface area contributed by atoms with Crippen molar-refractivity contribution in [3.8, 4) is 33.8 Å². The Morgan fingerprint density at radius 3 is 1.75 bits per heavy atom. The largest absolute Gasteiger partial charge is 0.457 e. The van der Waals surface area contributed by atoms with Gasteiger partial charge in [-0.15, -0.1) is 0 Å². The number of fused-ring (bicyclic) bond motifs is 13. The van der Waals surface area contributed by atoms with E-state index in [2.05, 4.69) is 205 Å². The third kappa shape index (κ3) is 4.40. The minimum absolute atomic E-state index is 0.543. The monoisotopic (exact) mass is 715 g/mol. The first-order valence-corrected chi connectivity index (χ1v) is 19.2. The number of hydrogen-bond donors (Lipinski definition) is 0. The predicted molar refractivity (Wildman–Crippen MR) is 229 cm³/mol. The standard InChI is InChI=1S/C53H33NO2/c1-2-14-38(15-3-1)54(39-26-24-35(25-27-39)37-23-22-34-12-4-5-13-36(34)30-37)40-28-29-42-44-32-43-41-16-6-7-17-45(41)53(48(43)33-52(44)56-51(42)31-40)46-18-8-10-20-49(46)55-50-21-11-9-19-47(50)53/h1-33H. The molecule has 0 N–H and O–H groups in total. The zero-order valence-electron chi connectivity index (χ0n) is 30.3. The number of benzene rings is 9. The maximum atomic E-state index is 6.90. The van der Waals surface area contributed by atoms with Crippen LogP contribution in [0, 0.1) is 0 Å². The van der Waals surface area contributed by atoms with Crippen LogP contribution in [0.15, 0.2) is 205 Å². The molecule has 0 fully saturated rings. The van der Waals surface area contributed by atoms with Gasteiger partial charge in [-0.3, -0.25) is 0 Å². The second kappa shape index (κ2) is 11.8. The van der Waals surface area contributed by atoms with Crippen molar-refractivity contribution in [2.45, 2.75) is 5.41 Å². The molecule has 0 atom stereocenters. The van der Waals surface area contributed by atoms with Crippen LogP contribution in [0.2, 0.25) is 0 Å². The van der Waals surface area contributed by atoms with Gasteiger partial charge in [0.15, 0.2) is 0 Å². The topological polar surface area (TPSA) is 25.6 Å². The van der Waals surface area contributed by atoms with E-state index in [4.69, 9.17) is 9.15 Å². The number of para-hydroxylation sites is 3. The minimum atomic E-state index is -0.543. The average Bonchev–Trinajstić information content (AvgIpc) is 3.76. The fraction of sp³-hybridized carbons (Fsp3) is 0.0189. The van der Waals surface area contributed by atoms with E-state index in [0.717, 1.165) is 61.6 Å². The Morgan fingerprint density at radius 1 is 0.357 bits per heavy atom. The highest BCUT2D eigenvalue weighted by Gasteiger charge is 2.51. The number of ether oxygens (including phenoxy) is 1. The van der Waals surface area contributed by atoms with E-state index in [-0.39, 0.29) is 0 Å². The molecule has 262 valence electrons. The molecule has 0 bridgehead atoms. The first-order chi connectivity index (χ1) is 27.7. The molecule has 0 saturated carbocycles. The van der Waals surface area contributed by atoms with E-state index in [1.54, 1.807) is 0 Å². The van der Waals surface area contributed by atoms with Gasteiger partial charge in [0.2, 0.25) is 0 Å². The summed E-state index contributed by atoms with van der Waals surface area (Å²) in [5.74, 6) is 1.77. The van der Waals surface area contributed by atoms with Crippen LogP contribution < -0.4 is 9.64 Å². The summed E-state index contributed by atoms with van der Waals surface area (Å²) >= 11 is 0. The van der Waals surface area contributed by atoms with Gasteiger partial charge < -0.3 is 14.1 Å². The Hall–Kier alpha value is -7.36. The first kappa shape index (κ1) is 31.0. The van der Waals surface area contributed by atoms with Gasteiger partial charge in [0.25, 0.3) is 0 Å². The van der Waals surface area contributed by atoms with Gasteiger partial charge in [-0.05, 0) is 111 Å². The summed E-state index contributed by atoms with van der Waals surface area (Å²) in [4.78, 5) is 2.30. The lowest BCUT2D eigenvalue weighted by Gasteiger charge is -2.39. The Bertz CT molecular complexity index is 3130. The van der Waals surface area contributed by atoms with Crippen molar-refractivity contribution in [1.82, 2.24) is 0 Å². The molecule has 9 aromatic carbocycles. The molecule has 0 unspecified atom stereocenters. The molecular weight excluding hydrogens is 683 g/mol. The van der Waals surface area contributed by atoms with E-state index in [0.29, 0.717) is 0 Å². The molecule has 0 radical (unpaired) electrons. The highest BCUT2D eigenvalue weighted by atomic mass is 16.5. The lowest BCUT2D eigenvalue weighted by Crippen LogP contribution is -2.32. The van der Waals surface area contributed by atoms with Gasteiger partial charge in [-0.25, -0.2) is 0 Å². The molecule has 0 saturated heterocycles. The van der Waals surface area contributed by atoms with Gasteiger partial charge in [0.05, 0.1) is 5.41 Å². The predicted octanol–water partition coefficient (Wildman–Crippen LogP) is 14.3. The lowest BCUT2D eigenvalue weighted by atomic mass is 9.66. The number of hydrogen-bond acceptors (Lipinski definition) is 3. The quantitative estimate of drug-likeness (QED) is 0.181. The van der Waals surface area contributed by atoms with Crippen LogP contribution in [0.3, 0.4) is 0 Å². The van der Waals surface area contributed by atoms with Crippen molar-refractivity contribution in [3.05, 3.63) is 222 Å². The molecular formula is C53H33NO2. The Morgan fingerprint density at radius 2 is 0.964 bits per heavy atom. The van der Waals surface area contributed by atoms with Crippen LogP contribution in [0.1, 0.15) is 22.3 Å². The highest BCUT2D eigenvalue weighted by molar-refractivity contribution is 6.09. The van der Waals surface area contributed by atoms with Crippen LogP contribution in [-0.4, -0.2) is 0 Å². The second-order valence-corrected chi connectivity index (χ2v) is 14.8. The van der Waals surface area contributed by atoms with E-state index in [1.165, 1.54) is 44.2 Å². The first-order valence-electron chi connectivity index (χ1n) is 19.2. The fourth-order valence-corrected chi connectivity index (χ4v) is 9.44. The summed E-state index contributed by atoms with van der Waals surface area (Å²) in [7, 11) is 0. The summed E-state index contributed by atoms with van der Waals surface area (Å²) in [6.07, 6.45) is 0. The van der Waals surface area contributed by atoms with Gasteiger partial charge in [0, 0.05) is 45.0 Å². The van der Waals surface area contributed by atoms with Crippen LogP contribution in [0.4, 0.5) is 17.1 Å². The van der Waals surface area contributed by atoms with Crippen molar-refractivity contribution < 1.29 is 9.15 Å². The van der Waals surface area contributed by atoms with Crippen LogP contribution in [0.25, 0.3) is 55.0 Å². The van der Waals surface area contributed by atoms with Gasteiger partial charge in [0.1, 0.15) is 22.7 Å². The molecule has 1 aliphatic heterocycles. The van der Waals surface area contributed by atoms with Crippen LogP contribution in [0.5, 0.6) is 11.5 Å². The Labute approximate surface area is 324 Å². The Balaban J connectivity index is 1.01. The SMILES string of the molecule is c1ccc(N(c2ccc(-c3ccc4ccccc4c3)cc2)c2ccc3c(c2)oc2cc4c(cc23)-c2ccccc2C42c3ccccc3Oc3ccccc32)cc1. The smallest absolute Gasteiger partial charge is 0.137 e. The summed E-state index contributed by atoms with van der Waals surface area (Å²) in [6, 6.07) is 71.7. The zero-order chi connectivity index (χ0) is 36.8. The maximum absolute atomic E-state index is 6.90. The molecule has 2 aliphatic rings. The lowest BCUT2D eigenvalue weighted by molar-refractivity contribution is 0.436. The second-order valence-electron chi connectivity index (χ2n) is 14.8. The van der Waals surface area contributed by atoms with Crippen molar-refractivity contribution in [2.24, 2.45) is 0 Å². The zero-order valence-corrected chi connectivity index (χ0v) is 30.3. The third-order valence-corrected chi connectivity index (χ3v) is 11.9. The van der Waals surface area contributed by atoms with Crippen LogP contribution in [-0.2, 0) is 5.41 Å². The summed E-state index contributed by atoms with van der Waals surface area (Å²) in [6.45, 7) is 0. The molecule has 1 spiro atoms. The van der Waals surface area contributed by atoms with Gasteiger partial charge in [-0.2, -0.15) is 0 Å². The molecule has 12 rings (SSSR count). The van der Waals surface area contributed by atoms with E-state index >= 15 is 0 Å². The van der Waals surface area contributed by atoms with Crippen molar-refractivity contribution in [3.63, 3.8) is 0 Å². The van der Waals surface area contributed by atoms with Crippen molar-refractivity contribution in [2.75, 3.05) is 4.90 Å². The maximum Gasteiger partial charge on any atom is 0.137 e. The molecule has 1 aliphatic carbocycles. The molecule has 3 nitrogen and oxygen atoms in total. The number of rotatable bonds is 4. The molecule has 56 heavy (non-hydrogen) atoms.